The SMILES string of the molecule is Cc1cn(OC2OC[C@H](OC(C(C)C)(C(C)C)P(=O)(O)O)[C@H]2OC(=O)c2ccccc2)c(=O)[nH]c1=O. The van der Waals surface area contributed by atoms with Crippen LogP contribution in [0, 0.1) is 18.8 Å². The quantitative estimate of drug-likeness (QED) is 0.321. The second-order valence-electron chi connectivity index (χ2n) is 9.20. The van der Waals surface area contributed by atoms with E-state index in [1.54, 1.807) is 45.9 Å². The Morgan fingerprint density at radius 3 is 2.33 bits per heavy atom. The summed E-state index contributed by atoms with van der Waals surface area (Å²) in [6.07, 6.45) is -2.71. The Morgan fingerprint density at radius 1 is 1.17 bits per heavy atom. The average molecular weight is 526 g/mol. The van der Waals surface area contributed by atoms with Crippen molar-refractivity contribution in [2.45, 2.75) is 58.5 Å². The minimum Gasteiger partial charge on any atom is -0.449 e. The maximum Gasteiger partial charge on any atom is 0.361 e. The molecule has 12 nitrogen and oxygen atoms in total. The molecule has 0 spiro atoms. The largest absolute Gasteiger partial charge is 0.449 e. The van der Waals surface area contributed by atoms with E-state index in [1.165, 1.54) is 19.1 Å². The molecule has 1 fully saturated rings. The lowest BCUT2D eigenvalue weighted by atomic mass is 9.94. The number of H-pyrrole nitrogens is 1. The highest BCUT2D eigenvalue weighted by molar-refractivity contribution is 7.53. The van der Waals surface area contributed by atoms with Gasteiger partial charge in [0.05, 0.1) is 18.4 Å². The Bertz CT molecular complexity index is 1230. The zero-order chi connectivity index (χ0) is 26.8. The lowest BCUT2D eigenvalue weighted by Gasteiger charge is -2.43. The van der Waals surface area contributed by atoms with Crippen molar-refractivity contribution in [2.75, 3.05) is 6.61 Å². The fraction of sp³-hybridized carbons (Fsp3) is 0.522. The van der Waals surface area contributed by atoms with Gasteiger partial charge in [-0.3, -0.25) is 14.3 Å². The minimum atomic E-state index is -4.85. The van der Waals surface area contributed by atoms with Crippen LogP contribution in [0.3, 0.4) is 0 Å². The van der Waals surface area contributed by atoms with E-state index in [0.717, 1.165) is 10.9 Å². The van der Waals surface area contributed by atoms with E-state index in [4.69, 9.17) is 19.0 Å². The Labute approximate surface area is 207 Å². The number of carbonyl (C=O) groups excluding carboxylic acids is 1. The van der Waals surface area contributed by atoms with Gasteiger partial charge >= 0.3 is 19.3 Å². The zero-order valence-electron chi connectivity index (χ0n) is 20.6. The molecular formula is C23H31N2O10P. The maximum absolute atomic E-state index is 12.9. The van der Waals surface area contributed by atoms with E-state index >= 15 is 0 Å². The summed E-state index contributed by atoms with van der Waals surface area (Å²) in [6.45, 7) is 7.70. The molecule has 1 aromatic heterocycles. The summed E-state index contributed by atoms with van der Waals surface area (Å²) in [6, 6.07) is 8.06. The molecule has 2 aromatic rings. The summed E-state index contributed by atoms with van der Waals surface area (Å²) in [5, 5.41) is -1.92. The van der Waals surface area contributed by atoms with Gasteiger partial charge < -0.3 is 28.8 Å². The van der Waals surface area contributed by atoms with Crippen LogP contribution in [0.5, 0.6) is 0 Å². The van der Waals surface area contributed by atoms with Gasteiger partial charge in [-0.2, -0.15) is 0 Å². The van der Waals surface area contributed by atoms with Crippen LogP contribution in [0.1, 0.15) is 43.6 Å². The first kappa shape index (κ1) is 27.8. The lowest BCUT2D eigenvalue weighted by Crippen LogP contribution is -2.51. The van der Waals surface area contributed by atoms with E-state index in [1.807, 2.05) is 0 Å². The average Bonchev–Trinajstić information content (AvgIpc) is 3.15. The topological polar surface area (TPSA) is 166 Å². The first-order valence-corrected chi connectivity index (χ1v) is 13.0. The Kier molecular flexibility index (Phi) is 8.27. The molecule has 0 aliphatic carbocycles. The van der Waals surface area contributed by atoms with E-state index in [-0.39, 0.29) is 17.7 Å². The Hall–Kier alpha value is -2.76. The van der Waals surface area contributed by atoms with Crippen LogP contribution in [0.2, 0.25) is 0 Å². The highest BCUT2D eigenvalue weighted by Gasteiger charge is 2.57. The molecule has 198 valence electrons. The van der Waals surface area contributed by atoms with Crippen molar-refractivity contribution >= 4 is 13.6 Å². The van der Waals surface area contributed by atoms with Crippen LogP contribution in [0.15, 0.2) is 46.1 Å². The third kappa shape index (κ3) is 5.47. The predicted molar refractivity (Wildman–Crippen MR) is 127 cm³/mol. The van der Waals surface area contributed by atoms with Crippen LogP contribution in [0.4, 0.5) is 0 Å². The molecule has 1 unspecified atom stereocenters. The fourth-order valence-corrected chi connectivity index (χ4v) is 5.92. The van der Waals surface area contributed by atoms with Crippen molar-refractivity contribution in [3.8, 4) is 0 Å². The van der Waals surface area contributed by atoms with Gasteiger partial charge in [-0.15, -0.1) is 4.73 Å². The highest BCUT2D eigenvalue weighted by atomic mass is 31.2. The van der Waals surface area contributed by atoms with Crippen LogP contribution in [0.25, 0.3) is 0 Å². The number of hydrogen-bond donors (Lipinski definition) is 3. The van der Waals surface area contributed by atoms with Crippen molar-refractivity contribution in [3.05, 3.63) is 68.5 Å². The minimum absolute atomic E-state index is 0.179. The number of carbonyl (C=O) groups is 1. The van der Waals surface area contributed by atoms with Crippen molar-refractivity contribution in [1.82, 2.24) is 9.71 Å². The van der Waals surface area contributed by atoms with E-state index in [9.17, 15) is 28.7 Å². The van der Waals surface area contributed by atoms with Crippen LogP contribution in [-0.4, -0.2) is 55.9 Å². The Balaban J connectivity index is 1.99. The smallest absolute Gasteiger partial charge is 0.361 e. The lowest BCUT2D eigenvalue weighted by molar-refractivity contribution is -0.170. The van der Waals surface area contributed by atoms with Crippen molar-refractivity contribution in [2.24, 2.45) is 11.8 Å². The molecule has 1 saturated heterocycles. The molecule has 0 bridgehead atoms. The number of ether oxygens (including phenoxy) is 3. The molecule has 36 heavy (non-hydrogen) atoms. The zero-order valence-corrected chi connectivity index (χ0v) is 21.5. The van der Waals surface area contributed by atoms with Crippen molar-refractivity contribution in [1.29, 1.82) is 0 Å². The van der Waals surface area contributed by atoms with Gasteiger partial charge in [0.1, 0.15) is 6.10 Å². The molecule has 0 saturated carbocycles. The van der Waals surface area contributed by atoms with Crippen molar-refractivity contribution < 1.29 is 38.2 Å². The number of aromatic amines is 1. The van der Waals surface area contributed by atoms with Crippen LogP contribution < -0.4 is 16.1 Å². The molecule has 3 atom stereocenters. The number of rotatable bonds is 9. The van der Waals surface area contributed by atoms with Gasteiger partial charge in [-0.25, -0.2) is 9.59 Å². The number of nitrogens with one attached hydrogen (secondary N) is 1. The molecule has 3 rings (SSSR count). The summed E-state index contributed by atoms with van der Waals surface area (Å²) in [5.74, 6) is -2.02. The number of esters is 1. The predicted octanol–water partition coefficient (Wildman–Crippen LogP) is 1.43. The highest BCUT2D eigenvalue weighted by Crippen LogP contribution is 2.60. The molecule has 1 aliphatic rings. The summed E-state index contributed by atoms with van der Waals surface area (Å²) in [4.78, 5) is 65.1. The summed E-state index contributed by atoms with van der Waals surface area (Å²) >= 11 is 0. The Morgan fingerprint density at radius 2 is 1.78 bits per heavy atom. The summed E-state index contributed by atoms with van der Waals surface area (Å²) in [7, 11) is -4.85. The van der Waals surface area contributed by atoms with Gasteiger partial charge in [0.15, 0.2) is 11.4 Å². The second kappa shape index (κ2) is 10.7. The van der Waals surface area contributed by atoms with Gasteiger partial charge in [0, 0.05) is 5.56 Å². The second-order valence-corrected chi connectivity index (χ2v) is 11.0. The van der Waals surface area contributed by atoms with Crippen LogP contribution in [-0.2, 0) is 18.8 Å². The first-order valence-electron chi connectivity index (χ1n) is 11.4. The van der Waals surface area contributed by atoms with E-state index < -0.39 is 60.5 Å². The number of benzene rings is 1. The third-order valence-electron chi connectivity index (χ3n) is 6.07. The molecule has 2 heterocycles. The first-order chi connectivity index (χ1) is 16.8. The maximum atomic E-state index is 12.9. The number of aryl methyl sites for hydroxylation is 1. The normalized spacial score (nSPS) is 20.6. The van der Waals surface area contributed by atoms with Crippen LogP contribution >= 0.6 is 7.60 Å². The van der Waals surface area contributed by atoms with Crippen molar-refractivity contribution in [3.63, 3.8) is 0 Å². The third-order valence-corrected chi connectivity index (χ3v) is 8.12. The monoisotopic (exact) mass is 526 g/mol. The summed E-state index contributed by atoms with van der Waals surface area (Å²) in [5.41, 5.74) is -1.09. The van der Waals surface area contributed by atoms with E-state index in [0.29, 0.717) is 0 Å². The molecule has 0 amide bonds. The molecule has 0 radical (unpaired) electrons. The van der Waals surface area contributed by atoms with E-state index in [2.05, 4.69) is 4.98 Å². The number of hydrogen-bond acceptors (Lipinski definition) is 8. The molecule has 1 aromatic carbocycles. The molecular weight excluding hydrogens is 495 g/mol. The standard InChI is InChI=1S/C23H31N2O10P/c1-13(2)23(14(3)4,36(29,30)31)34-17-12-32-21(35-25-11-15(5)19(26)24-22(25)28)18(17)33-20(27)16-9-7-6-8-10-16/h6-11,13-14,17-18,21H,12H2,1-5H3,(H,24,26,28)(H2,29,30,31)/t17-,18+,21?/m0/s1. The van der Waals surface area contributed by atoms with Gasteiger partial charge in [-0.05, 0) is 30.9 Å². The van der Waals surface area contributed by atoms with Gasteiger partial charge in [0.2, 0.25) is 0 Å². The summed E-state index contributed by atoms with van der Waals surface area (Å²) < 4.78 is 30.8. The molecule has 3 N–H and O–H groups in total. The number of nitrogens with zero attached hydrogens (tertiary/aromatic N) is 1. The number of aromatic nitrogens is 2. The van der Waals surface area contributed by atoms with Gasteiger partial charge in [-0.1, -0.05) is 45.9 Å². The molecule has 13 heteroatoms. The molecule has 1 aliphatic heterocycles. The van der Waals surface area contributed by atoms with Gasteiger partial charge in [0.25, 0.3) is 11.8 Å². The fourth-order valence-electron chi connectivity index (χ4n) is 4.30.